The zero-order valence-corrected chi connectivity index (χ0v) is 17.5. The van der Waals surface area contributed by atoms with Gasteiger partial charge >= 0.3 is 0 Å². The lowest BCUT2D eigenvalue weighted by atomic mass is 10.1. The normalized spacial score (nSPS) is 16.1. The molecule has 2 aromatic carbocycles. The van der Waals surface area contributed by atoms with Crippen LogP contribution in [0.15, 0.2) is 60.8 Å². The van der Waals surface area contributed by atoms with Crippen LogP contribution >= 0.6 is 11.6 Å². The van der Waals surface area contributed by atoms with Gasteiger partial charge in [-0.25, -0.2) is 4.68 Å². The summed E-state index contributed by atoms with van der Waals surface area (Å²) in [6, 6.07) is 17.2. The molecule has 1 N–H and O–H groups in total. The average molecular weight is 423 g/mol. The first kappa shape index (κ1) is 20.2. The van der Waals surface area contributed by atoms with Gasteiger partial charge < -0.3 is 10.2 Å². The zero-order valence-electron chi connectivity index (χ0n) is 16.7. The van der Waals surface area contributed by atoms with E-state index in [2.05, 4.69) is 17.3 Å². The number of carbonyl (C=O) groups excluding carboxylic acids is 2. The predicted molar refractivity (Wildman–Crippen MR) is 118 cm³/mol. The van der Waals surface area contributed by atoms with Crippen molar-refractivity contribution in [2.75, 3.05) is 16.8 Å². The average Bonchev–Trinajstić information content (AvgIpc) is 3.36. The maximum atomic E-state index is 12.8. The Balaban J connectivity index is 1.43. The molecule has 154 valence electrons. The Morgan fingerprint density at radius 3 is 2.67 bits per heavy atom. The fourth-order valence-corrected chi connectivity index (χ4v) is 3.82. The van der Waals surface area contributed by atoms with Gasteiger partial charge in [0.05, 0.1) is 18.7 Å². The van der Waals surface area contributed by atoms with Crippen LogP contribution in [0, 0.1) is 5.92 Å². The highest BCUT2D eigenvalue weighted by molar-refractivity contribution is 6.31. The highest BCUT2D eigenvalue weighted by atomic mass is 35.5. The van der Waals surface area contributed by atoms with Crippen molar-refractivity contribution in [1.29, 1.82) is 0 Å². The number of nitrogens with zero attached hydrogens (tertiary/aromatic N) is 3. The predicted octanol–water partition coefficient (Wildman–Crippen LogP) is 4.14. The van der Waals surface area contributed by atoms with Crippen LogP contribution in [0.1, 0.15) is 24.5 Å². The third kappa shape index (κ3) is 4.24. The smallest absolute Gasteiger partial charge is 0.230 e. The quantitative estimate of drug-likeness (QED) is 0.649. The molecule has 1 fully saturated rings. The highest BCUT2D eigenvalue weighted by Crippen LogP contribution is 2.27. The standard InChI is InChI=1S/C23H23ClN4O2/c1-2-16-7-9-19(10-8-16)27-14-18(13-22(27)29)23(30)26-21-11-12-25-28(21)15-17-5-3-4-6-20(17)24/h3-12,18H,2,13-15H2,1H3,(H,26,30). The maximum absolute atomic E-state index is 12.8. The summed E-state index contributed by atoms with van der Waals surface area (Å²) in [7, 11) is 0. The summed E-state index contributed by atoms with van der Waals surface area (Å²) in [5.41, 5.74) is 2.96. The topological polar surface area (TPSA) is 67.2 Å². The summed E-state index contributed by atoms with van der Waals surface area (Å²) in [5, 5.41) is 7.86. The molecule has 1 unspecified atom stereocenters. The van der Waals surface area contributed by atoms with Gasteiger partial charge in [0.25, 0.3) is 0 Å². The molecule has 0 aliphatic carbocycles. The van der Waals surface area contributed by atoms with Gasteiger partial charge in [-0.1, -0.05) is 48.9 Å². The fraction of sp³-hybridized carbons (Fsp3) is 0.261. The number of halogens is 1. The number of hydrogen-bond acceptors (Lipinski definition) is 3. The number of hydrogen-bond donors (Lipinski definition) is 1. The van der Waals surface area contributed by atoms with Gasteiger partial charge in [0.15, 0.2) is 0 Å². The van der Waals surface area contributed by atoms with Crippen molar-refractivity contribution in [2.45, 2.75) is 26.3 Å². The van der Waals surface area contributed by atoms with E-state index in [9.17, 15) is 9.59 Å². The molecular weight excluding hydrogens is 400 g/mol. The van der Waals surface area contributed by atoms with Crippen LogP contribution in [-0.4, -0.2) is 28.1 Å². The summed E-state index contributed by atoms with van der Waals surface area (Å²) in [4.78, 5) is 27.0. The second-order valence-corrected chi connectivity index (χ2v) is 7.79. The molecule has 2 amide bonds. The summed E-state index contributed by atoms with van der Waals surface area (Å²) in [6.07, 6.45) is 2.77. The minimum atomic E-state index is -0.410. The minimum absolute atomic E-state index is 0.0380. The van der Waals surface area contributed by atoms with Gasteiger partial charge in [-0.2, -0.15) is 5.10 Å². The Kier molecular flexibility index (Phi) is 5.86. The largest absolute Gasteiger partial charge is 0.312 e. The van der Waals surface area contributed by atoms with Gasteiger partial charge in [0.2, 0.25) is 11.8 Å². The highest BCUT2D eigenvalue weighted by Gasteiger charge is 2.35. The number of aromatic nitrogens is 2. The van der Waals surface area contributed by atoms with Crippen molar-refractivity contribution in [2.24, 2.45) is 5.92 Å². The first-order chi connectivity index (χ1) is 14.5. The van der Waals surface area contributed by atoms with Gasteiger partial charge in [-0.15, -0.1) is 0 Å². The summed E-state index contributed by atoms with van der Waals surface area (Å²) < 4.78 is 1.69. The molecule has 1 saturated heterocycles. The van der Waals surface area contributed by atoms with Gasteiger partial charge in [0, 0.05) is 29.7 Å². The van der Waals surface area contributed by atoms with Crippen LogP contribution in [0.25, 0.3) is 0 Å². The Labute approximate surface area is 180 Å². The lowest BCUT2D eigenvalue weighted by Crippen LogP contribution is -2.28. The summed E-state index contributed by atoms with van der Waals surface area (Å²) in [5.74, 6) is -0.0500. The molecule has 0 radical (unpaired) electrons. The molecule has 1 aromatic heterocycles. The number of carbonyl (C=O) groups is 2. The molecular formula is C23H23ClN4O2. The van der Waals surface area contributed by atoms with Gasteiger partial charge in [0.1, 0.15) is 5.82 Å². The minimum Gasteiger partial charge on any atom is -0.312 e. The number of anilines is 2. The Bertz CT molecular complexity index is 1060. The zero-order chi connectivity index (χ0) is 21.1. The number of rotatable bonds is 6. The number of nitrogens with one attached hydrogen (secondary N) is 1. The molecule has 1 aliphatic rings. The van der Waals surface area contributed by atoms with E-state index in [1.54, 1.807) is 21.8 Å². The molecule has 1 aliphatic heterocycles. The van der Waals surface area contributed by atoms with E-state index in [4.69, 9.17) is 11.6 Å². The van der Waals surface area contributed by atoms with Crippen LogP contribution in [-0.2, 0) is 22.6 Å². The second-order valence-electron chi connectivity index (χ2n) is 7.38. The van der Waals surface area contributed by atoms with E-state index in [-0.39, 0.29) is 18.2 Å². The van der Waals surface area contributed by atoms with E-state index >= 15 is 0 Å². The van der Waals surface area contributed by atoms with E-state index in [0.29, 0.717) is 23.9 Å². The van der Waals surface area contributed by atoms with E-state index in [1.165, 1.54) is 5.56 Å². The monoisotopic (exact) mass is 422 g/mol. The van der Waals surface area contributed by atoms with Gasteiger partial charge in [-0.3, -0.25) is 9.59 Å². The van der Waals surface area contributed by atoms with Crippen LogP contribution < -0.4 is 10.2 Å². The Morgan fingerprint density at radius 1 is 1.17 bits per heavy atom. The fourth-order valence-electron chi connectivity index (χ4n) is 3.63. The third-order valence-electron chi connectivity index (χ3n) is 5.40. The maximum Gasteiger partial charge on any atom is 0.230 e. The van der Waals surface area contributed by atoms with Crippen molar-refractivity contribution in [3.8, 4) is 0 Å². The van der Waals surface area contributed by atoms with E-state index < -0.39 is 5.92 Å². The van der Waals surface area contributed by atoms with Gasteiger partial charge in [-0.05, 0) is 35.7 Å². The summed E-state index contributed by atoms with van der Waals surface area (Å²) in [6.45, 7) is 2.91. The van der Waals surface area contributed by atoms with Crippen LogP contribution in [0.2, 0.25) is 5.02 Å². The first-order valence-electron chi connectivity index (χ1n) is 10.0. The molecule has 0 saturated carbocycles. The third-order valence-corrected chi connectivity index (χ3v) is 5.77. The molecule has 4 rings (SSSR count). The van der Waals surface area contributed by atoms with Crippen molar-refractivity contribution >= 4 is 34.9 Å². The van der Waals surface area contributed by atoms with Crippen molar-refractivity contribution < 1.29 is 9.59 Å². The van der Waals surface area contributed by atoms with Crippen LogP contribution in [0.4, 0.5) is 11.5 Å². The molecule has 30 heavy (non-hydrogen) atoms. The second kappa shape index (κ2) is 8.71. The van der Waals surface area contributed by atoms with Crippen molar-refractivity contribution in [1.82, 2.24) is 9.78 Å². The van der Waals surface area contributed by atoms with Crippen LogP contribution in [0.5, 0.6) is 0 Å². The van der Waals surface area contributed by atoms with Crippen molar-refractivity contribution in [3.05, 3.63) is 76.9 Å². The Hall–Kier alpha value is -3.12. The lowest BCUT2D eigenvalue weighted by molar-refractivity contribution is -0.122. The van der Waals surface area contributed by atoms with Crippen LogP contribution in [0.3, 0.4) is 0 Å². The summed E-state index contributed by atoms with van der Waals surface area (Å²) >= 11 is 6.24. The molecule has 0 bridgehead atoms. The van der Waals surface area contributed by atoms with E-state index in [0.717, 1.165) is 17.7 Å². The molecule has 1 atom stereocenters. The molecule has 2 heterocycles. The molecule has 6 nitrogen and oxygen atoms in total. The number of benzene rings is 2. The molecule has 3 aromatic rings. The number of amides is 2. The van der Waals surface area contributed by atoms with E-state index in [1.807, 2.05) is 48.5 Å². The first-order valence-corrected chi connectivity index (χ1v) is 10.4. The van der Waals surface area contributed by atoms with Crippen molar-refractivity contribution in [3.63, 3.8) is 0 Å². The lowest BCUT2D eigenvalue weighted by Gasteiger charge is -2.17. The Morgan fingerprint density at radius 2 is 1.93 bits per heavy atom. The number of aryl methyl sites for hydroxylation is 1. The SMILES string of the molecule is CCc1ccc(N2CC(C(=O)Nc3ccnn3Cc3ccccc3Cl)CC2=O)cc1. The molecule has 0 spiro atoms. The molecule has 7 heteroatoms.